The van der Waals surface area contributed by atoms with E-state index >= 15 is 0 Å². The number of rotatable bonds is 4. The van der Waals surface area contributed by atoms with E-state index in [2.05, 4.69) is 54.6 Å². The smallest absolute Gasteiger partial charge is 0.411 e. The van der Waals surface area contributed by atoms with Gasteiger partial charge in [0.1, 0.15) is 0 Å². The molecule has 0 aromatic heterocycles. The molecule has 1 aliphatic heterocycles. The Bertz CT molecular complexity index is 832. The van der Waals surface area contributed by atoms with E-state index in [1.165, 1.54) is 33.9 Å². The van der Waals surface area contributed by atoms with Gasteiger partial charge in [-0.3, -0.25) is 4.32 Å². The molecule has 1 nitrogen and oxygen atoms in total. The highest BCUT2D eigenvalue weighted by Gasteiger charge is 2.35. The summed E-state index contributed by atoms with van der Waals surface area (Å²) in [6.45, 7) is 1.92. The molecule has 0 N–H and O–H groups in total. The van der Waals surface area contributed by atoms with E-state index in [9.17, 15) is 4.32 Å². The zero-order valence-electron chi connectivity index (χ0n) is 13.9. The van der Waals surface area contributed by atoms with E-state index in [0.29, 0.717) is 17.6 Å². The molecule has 3 atom stereocenters. The van der Waals surface area contributed by atoms with Crippen LogP contribution in [0.4, 0.5) is 4.32 Å². The largest absolute Gasteiger partial charge is 0.502 e. The Morgan fingerprint density at radius 3 is 2.88 bits per heavy atom. The van der Waals surface area contributed by atoms with Crippen LogP contribution in [0.5, 0.6) is 0 Å². The summed E-state index contributed by atoms with van der Waals surface area (Å²) in [4.78, 5) is 1.37. The third-order valence-electron chi connectivity index (χ3n) is 5.01. The van der Waals surface area contributed by atoms with E-state index < -0.39 is 7.19 Å². The van der Waals surface area contributed by atoms with Crippen LogP contribution in [0.15, 0.2) is 59.5 Å². The fraction of sp³-hybridized carbons (Fsp3) is 0.300. The second-order valence-corrected chi connectivity index (χ2v) is 7.83. The van der Waals surface area contributed by atoms with Gasteiger partial charge in [-0.15, -0.1) is 11.8 Å². The first-order chi connectivity index (χ1) is 11.7. The van der Waals surface area contributed by atoms with Crippen LogP contribution < -0.4 is 0 Å². The molecule has 2 aromatic rings. The summed E-state index contributed by atoms with van der Waals surface area (Å²) in [7, 11) is 0.214. The van der Waals surface area contributed by atoms with Gasteiger partial charge in [0.15, 0.2) is 0 Å². The SMILES string of the molecule is COB(F)C(C)Cc1cc2ccccc2c2c1C1C=CC=CC1S2. The van der Waals surface area contributed by atoms with Gasteiger partial charge in [0, 0.05) is 23.2 Å². The molecule has 0 spiro atoms. The number of fused-ring (bicyclic) bond motifs is 5. The molecule has 2 aromatic carbocycles. The molecule has 4 rings (SSSR count). The summed E-state index contributed by atoms with van der Waals surface area (Å²) in [5.74, 6) is 0.231. The van der Waals surface area contributed by atoms with E-state index in [1.807, 2.05) is 18.7 Å². The Labute approximate surface area is 147 Å². The fourth-order valence-corrected chi connectivity index (χ4v) is 5.34. The van der Waals surface area contributed by atoms with Gasteiger partial charge < -0.3 is 4.65 Å². The second-order valence-electron chi connectivity index (χ2n) is 6.65. The first kappa shape index (κ1) is 16.0. The number of hydrogen-bond acceptors (Lipinski definition) is 2. The van der Waals surface area contributed by atoms with Crippen LogP contribution in [-0.2, 0) is 11.1 Å². The van der Waals surface area contributed by atoms with Crippen molar-refractivity contribution in [1.29, 1.82) is 0 Å². The summed E-state index contributed by atoms with van der Waals surface area (Å²) in [5.41, 5.74) is 2.65. The molecule has 0 bridgehead atoms. The third-order valence-corrected chi connectivity index (χ3v) is 6.41. The first-order valence-electron chi connectivity index (χ1n) is 8.42. The third kappa shape index (κ3) is 2.62. The highest BCUT2D eigenvalue weighted by molar-refractivity contribution is 8.00. The maximum Gasteiger partial charge on any atom is 0.502 e. The molecule has 2 aliphatic rings. The van der Waals surface area contributed by atoms with E-state index in [1.54, 1.807) is 0 Å². The van der Waals surface area contributed by atoms with Crippen molar-refractivity contribution in [2.24, 2.45) is 0 Å². The summed E-state index contributed by atoms with van der Waals surface area (Å²) in [5, 5.41) is 3.01. The lowest BCUT2D eigenvalue weighted by Gasteiger charge is -2.20. The molecule has 4 heteroatoms. The van der Waals surface area contributed by atoms with Gasteiger partial charge >= 0.3 is 7.19 Å². The molecule has 1 heterocycles. The molecule has 24 heavy (non-hydrogen) atoms. The maximum atomic E-state index is 14.0. The highest BCUT2D eigenvalue weighted by Crippen LogP contribution is 2.52. The quantitative estimate of drug-likeness (QED) is 0.675. The molecule has 0 saturated heterocycles. The summed E-state index contributed by atoms with van der Waals surface area (Å²) >= 11 is 1.94. The van der Waals surface area contributed by atoms with Crippen LogP contribution in [0.1, 0.15) is 24.0 Å². The van der Waals surface area contributed by atoms with Gasteiger partial charge in [-0.25, -0.2) is 0 Å². The molecule has 0 radical (unpaired) electrons. The Hall–Kier alpha value is -1.52. The number of thioether (sulfide) groups is 1. The summed E-state index contributed by atoms with van der Waals surface area (Å²) in [6.07, 6.45) is 9.53. The van der Waals surface area contributed by atoms with Crippen LogP contribution in [0.2, 0.25) is 5.82 Å². The second kappa shape index (κ2) is 6.42. The number of benzene rings is 2. The predicted octanol–water partition coefficient (Wildman–Crippen LogP) is 5.56. The maximum absolute atomic E-state index is 14.0. The van der Waals surface area contributed by atoms with Gasteiger partial charge in [0.2, 0.25) is 0 Å². The lowest BCUT2D eigenvalue weighted by molar-refractivity contribution is 0.362. The number of hydrogen-bond donors (Lipinski definition) is 0. The molecular formula is C20H20BFOS. The van der Waals surface area contributed by atoms with Crippen LogP contribution >= 0.6 is 11.8 Å². The van der Waals surface area contributed by atoms with Crippen molar-refractivity contribution < 1.29 is 8.97 Å². The standard InChI is InChI=1S/C20H20BFOS/c1-13(21(22)23-2)11-15-12-14-7-3-4-8-16(14)20-19(15)17-9-5-6-10-18(17)24-20/h3-10,12-13,17-18H,11H2,1-2H3. The molecular weight excluding hydrogens is 318 g/mol. The van der Waals surface area contributed by atoms with Crippen molar-refractivity contribution in [1.82, 2.24) is 0 Å². The molecule has 0 amide bonds. The average Bonchev–Trinajstić information content (AvgIpc) is 3.01. The Morgan fingerprint density at radius 2 is 2.04 bits per heavy atom. The zero-order valence-corrected chi connectivity index (χ0v) is 14.7. The number of allylic oxidation sites excluding steroid dienone is 3. The minimum absolute atomic E-state index is 0.160. The minimum Gasteiger partial charge on any atom is -0.411 e. The lowest BCUT2D eigenvalue weighted by atomic mass is 9.71. The van der Waals surface area contributed by atoms with E-state index in [-0.39, 0.29) is 5.82 Å². The molecule has 0 saturated carbocycles. The number of halogens is 1. The normalized spacial score (nSPS) is 22.5. The van der Waals surface area contributed by atoms with Crippen molar-refractivity contribution in [3.8, 4) is 0 Å². The molecule has 3 unspecified atom stereocenters. The van der Waals surface area contributed by atoms with Gasteiger partial charge in [-0.1, -0.05) is 61.6 Å². The zero-order chi connectivity index (χ0) is 16.7. The van der Waals surface area contributed by atoms with Gasteiger partial charge in [-0.2, -0.15) is 0 Å². The summed E-state index contributed by atoms with van der Waals surface area (Å²) < 4.78 is 18.9. The Kier molecular flexibility index (Phi) is 4.27. The first-order valence-corrected chi connectivity index (χ1v) is 9.30. The van der Waals surface area contributed by atoms with Crippen molar-refractivity contribution in [3.05, 3.63) is 65.8 Å². The Balaban J connectivity index is 1.85. The molecule has 0 fully saturated rings. The van der Waals surface area contributed by atoms with Crippen LogP contribution in [-0.4, -0.2) is 19.6 Å². The highest BCUT2D eigenvalue weighted by atomic mass is 32.2. The van der Waals surface area contributed by atoms with Crippen molar-refractivity contribution in [3.63, 3.8) is 0 Å². The topological polar surface area (TPSA) is 9.23 Å². The van der Waals surface area contributed by atoms with Gasteiger partial charge in [0.25, 0.3) is 0 Å². The minimum atomic E-state index is -1.22. The van der Waals surface area contributed by atoms with Crippen molar-refractivity contribution in [2.45, 2.75) is 35.2 Å². The summed E-state index contributed by atoms with van der Waals surface area (Å²) in [6, 6.07) is 10.8. The van der Waals surface area contributed by atoms with E-state index in [0.717, 1.165) is 0 Å². The van der Waals surface area contributed by atoms with Gasteiger partial charge in [0.05, 0.1) is 0 Å². The average molecular weight is 338 g/mol. The Morgan fingerprint density at radius 1 is 1.25 bits per heavy atom. The van der Waals surface area contributed by atoms with Crippen LogP contribution in [0.3, 0.4) is 0 Å². The van der Waals surface area contributed by atoms with Crippen LogP contribution in [0, 0.1) is 0 Å². The molecule has 1 aliphatic carbocycles. The van der Waals surface area contributed by atoms with E-state index in [4.69, 9.17) is 4.65 Å². The van der Waals surface area contributed by atoms with Crippen LogP contribution in [0.25, 0.3) is 10.8 Å². The fourth-order valence-electron chi connectivity index (χ4n) is 3.82. The van der Waals surface area contributed by atoms with Gasteiger partial charge in [-0.05, 0) is 34.1 Å². The van der Waals surface area contributed by atoms with Crippen molar-refractivity contribution >= 4 is 29.7 Å². The lowest BCUT2D eigenvalue weighted by Crippen LogP contribution is -2.18. The van der Waals surface area contributed by atoms with Crippen molar-refractivity contribution in [2.75, 3.05) is 7.11 Å². The molecule has 122 valence electrons. The monoisotopic (exact) mass is 338 g/mol. The predicted molar refractivity (Wildman–Crippen MR) is 102 cm³/mol.